The maximum atomic E-state index is 12.1. The number of alkyl halides is 1. The van der Waals surface area contributed by atoms with Crippen molar-refractivity contribution in [1.82, 2.24) is 19.8 Å². The predicted octanol–water partition coefficient (Wildman–Crippen LogP) is 7.15. The molecular weight excluding hydrogens is 634 g/mol. The summed E-state index contributed by atoms with van der Waals surface area (Å²) in [5, 5.41) is 20.5. The maximum Gasteiger partial charge on any atom is 0.310 e. The minimum absolute atomic E-state index is 0.0278. The molecule has 4 heterocycles. The smallest absolute Gasteiger partial charge is 0.310 e. The molecule has 0 saturated carbocycles. The zero-order valence-corrected chi connectivity index (χ0v) is 27.8. The van der Waals surface area contributed by atoms with E-state index in [4.69, 9.17) is 26.0 Å². The topological polar surface area (TPSA) is 124 Å². The molecule has 1 unspecified atom stereocenters. The van der Waals surface area contributed by atoms with E-state index in [2.05, 4.69) is 43.0 Å². The molecule has 1 atom stereocenters. The maximum absolute atomic E-state index is 12.1. The highest BCUT2D eigenvalue weighted by molar-refractivity contribution is 7.15. The summed E-state index contributed by atoms with van der Waals surface area (Å²) in [6, 6.07) is 18.3. The van der Waals surface area contributed by atoms with E-state index in [1.165, 1.54) is 0 Å². The lowest BCUT2D eigenvalue weighted by molar-refractivity contribution is -0.147. The Morgan fingerprint density at radius 2 is 1.77 bits per heavy atom. The van der Waals surface area contributed by atoms with Crippen molar-refractivity contribution in [3.05, 3.63) is 81.4 Å². The van der Waals surface area contributed by atoms with Gasteiger partial charge < -0.3 is 14.4 Å². The third kappa shape index (κ3) is 5.48. The average molecular weight is 666 g/mol. The summed E-state index contributed by atoms with van der Waals surface area (Å²) in [5.41, 5.74) is 8.61. The number of fused-ring (bicyclic) bond motifs is 2. The van der Waals surface area contributed by atoms with Crippen LogP contribution in [0.25, 0.3) is 44.3 Å². The Kier molecular flexibility index (Phi) is 7.87. The van der Waals surface area contributed by atoms with Crippen LogP contribution >= 0.6 is 22.9 Å². The first-order valence-electron chi connectivity index (χ1n) is 15.4. The van der Waals surface area contributed by atoms with Crippen LogP contribution in [-0.2, 0) is 29.2 Å². The minimum atomic E-state index is -0.783. The molecule has 47 heavy (non-hydrogen) atoms. The number of amides is 1. The Morgan fingerprint density at radius 3 is 2.43 bits per heavy atom. The predicted molar refractivity (Wildman–Crippen MR) is 181 cm³/mol. The van der Waals surface area contributed by atoms with Gasteiger partial charge in [-0.1, -0.05) is 30.3 Å². The molecule has 3 aromatic carbocycles. The SMILES string of the molecule is Cc1c(-c2nc3cc(CN4CCC(C)(C(=O)O)C4)cc(C#N)c3o2)cccc1-c1cccc(-c2nc3c(s2)CN(C(=O)CCl)C3)c1C. The van der Waals surface area contributed by atoms with Crippen LogP contribution < -0.4 is 0 Å². The molecule has 2 aliphatic heterocycles. The number of carboxylic acids is 1. The van der Waals surface area contributed by atoms with E-state index in [9.17, 15) is 20.0 Å². The number of oxazole rings is 1. The van der Waals surface area contributed by atoms with E-state index < -0.39 is 11.4 Å². The number of nitriles is 1. The van der Waals surface area contributed by atoms with E-state index in [-0.39, 0.29) is 11.8 Å². The lowest BCUT2D eigenvalue weighted by atomic mass is 9.90. The largest absolute Gasteiger partial charge is 0.481 e. The van der Waals surface area contributed by atoms with E-state index in [0.717, 1.165) is 54.5 Å². The van der Waals surface area contributed by atoms with Crippen LogP contribution in [0.15, 0.2) is 52.9 Å². The molecule has 0 bridgehead atoms. The molecule has 5 aromatic rings. The number of aliphatic carboxylic acids is 1. The zero-order valence-electron chi connectivity index (χ0n) is 26.3. The number of nitrogens with zero attached hydrogens (tertiary/aromatic N) is 5. The highest BCUT2D eigenvalue weighted by Crippen LogP contribution is 2.40. The number of carboxylic acid groups (broad SMARTS) is 1. The number of hydrogen-bond donors (Lipinski definition) is 1. The number of halogens is 1. The van der Waals surface area contributed by atoms with E-state index in [1.54, 1.807) is 23.2 Å². The number of carbonyl (C=O) groups is 2. The molecule has 1 amide bonds. The molecule has 2 aliphatic rings. The van der Waals surface area contributed by atoms with Crippen LogP contribution in [0.2, 0.25) is 0 Å². The van der Waals surface area contributed by atoms with E-state index in [0.29, 0.717) is 61.7 Å². The standard InChI is InChI=1S/C36H32ClN5O4S/c1-20-24(25-7-5-9-27(21(25)2)34-40-29-17-42(31(43)14-37)18-30(29)47-34)6-4-8-26(20)33-39-28-13-22(12-23(15-38)32(28)46-33)16-41-11-10-36(3,19-41)35(44)45/h4-9,12-13H,10-11,14,16-19H2,1-3H3,(H,44,45). The first-order chi connectivity index (χ1) is 22.6. The van der Waals surface area contributed by atoms with Crippen LogP contribution in [0.3, 0.4) is 0 Å². The third-order valence-corrected chi connectivity index (χ3v) is 10.8. The van der Waals surface area contributed by atoms with Gasteiger partial charge in [0.1, 0.15) is 22.5 Å². The molecule has 9 nitrogen and oxygen atoms in total. The van der Waals surface area contributed by atoms with Gasteiger partial charge in [0.15, 0.2) is 5.58 Å². The quantitative estimate of drug-likeness (QED) is 0.182. The molecule has 7 rings (SSSR count). The van der Waals surface area contributed by atoms with Crippen LogP contribution in [0.5, 0.6) is 0 Å². The molecule has 0 aliphatic carbocycles. The van der Waals surface area contributed by atoms with Gasteiger partial charge in [-0.2, -0.15) is 5.26 Å². The Bertz CT molecular complexity index is 2110. The fourth-order valence-corrected chi connectivity index (χ4v) is 8.08. The van der Waals surface area contributed by atoms with Crippen molar-refractivity contribution in [3.63, 3.8) is 0 Å². The first-order valence-corrected chi connectivity index (χ1v) is 16.8. The van der Waals surface area contributed by atoms with Crippen molar-refractivity contribution in [3.8, 4) is 39.2 Å². The summed E-state index contributed by atoms with van der Waals surface area (Å²) in [6.07, 6.45) is 0.587. The number of benzene rings is 3. The normalized spacial score (nSPS) is 17.7. The van der Waals surface area contributed by atoms with E-state index >= 15 is 0 Å². The van der Waals surface area contributed by atoms with Crippen molar-refractivity contribution in [2.45, 2.75) is 46.8 Å². The van der Waals surface area contributed by atoms with Crippen molar-refractivity contribution >= 4 is 45.9 Å². The second kappa shape index (κ2) is 11.9. The van der Waals surface area contributed by atoms with Crippen LogP contribution in [0.1, 0.15) is 46.2 Å². The number of thiazole rings is 1. The second-order valence-corrected chi connectivity index (χ2v) is 14.0. The van der Waals surface area contributed by atoms with Gasteiger partial charge in [-0.05, 0) is 79.8 Å². The monoisotopic (exact) mass is 665 g/mol. The van der Waals surface area contributed by atoms with Crippen molar-refractivity contribution in [1.29, 1.82) is 5.26 Å². The fourth-order valence-electron chi connectivity index (χ4n) is 6.74. The van der Waals surface area contributed by atoms with Gasteiger partial charge in [0.2, 0.25) is 11.8 Å². The molecule has 2 aromatic heterocycles. The summed E-state index contributed by atoms with van der Waals surface area (Å²) in [6.45, 7) is 8.63. The van der Waals surface area contributed by atoms with Crippen molar-refractivity contribution in [2.24, 2.45) is 5.41 Å². The zero-order chi connectivity index (χ0) is 33.0. The van der Waals surface area contributed by atoms with Gasteiger partial charge in [0.05, 0.1) is 29.8 Å². The molecular formula is C36H32ClN5O4S. The van der Waals surface area contributed by atoms with Crippen LogP contribution in [-0.4, -0.2) is 55.7 Å². The second-order valence-electron chi connectivity index (χ2n) is 12.7. The highest BCUT2D eigenvalue weighted by atomic mass is 35.5. The van der Waals surface area contributed by atoms with Crippen molar-refractivity contribution in [2.75, 3.05) is 19.0 Å². The highest BCUT2D eigenvalue weighted by Gasteiger charge is 2.40. The Hall–Kier alpha value is -4.56. The van der Waals surface area contributed by atoms with Crippen LogP contribution in [0.4, 0.5) is 0 Å². The number of carbonyl (C=O) groups excluding carboxylic acids is 1. The lowest BCUT2D eigenvalue weighted by Crippen LogP contribution is -2.31. The Labute approximate surface area is 281 Å². The third-order valence-electron chi connectivity index (χ3n) is 9.48. The van der Waals surface area contributed by atoms with Gasteiger partial charge in [0.25, 0.3) is 0 Å². The molecule has 11 heteroatoms. The molecule has 1 N–H and O–H groups in total. The number of rotatable bonds is 7. The summed E-state index contributed by atoms with van der Waals surface area (Å²) >= 11 is 7.38. The lowest BCUT2D eigenvalue weighted by Gasteiger charge is -2.20. The number of hydrogen-bond acceptors (Lipinski definition) is 8. The number of likely N-dealkylation sites (tertiary alicyclic amines) is 1. The summed E-state index contributed by atoms with van der Waals surface area (Å²) in [7, 11) is 0. The summed E-state index contributed by atoms with van der Waals surface area (Å²) in [4.78, 5) is 38.5. The molecule has 0 spiro atoms. The Balaban J connectivity index is 1.19. The molecule has 0 radical (unpaired) electrons. The number of aromatic nitrogens is 2. The van der Waals surface area contributed by atoms with E-state index in [1.807, 2.05) is 30.3 Å². The molecule has 1 fully saturated rings. The van der Waals surface area contributed by atoms with Gasteiger partial charge in [-0.3, -0.25) is 14.5 Å². The first kappa shape index (κ1) is 31.1. The summed E-state index contributed by atoms with van der Waals surface area (Å²) in [5.74, 6) is -0.454. The molecule has 238 valence electrons. The fraction of sp³-hybridized carbons (Fsp3) is 0.306. The minimum Gasteiger partial charge on any atom is -0.481 e. The van der Waals surface area contributed by atoms with Gasteiger partial charge in [-0.25, -0.2) is 9.97 Å². The van der Waals surface area contributed by atoms with Crippen molar-refractivity contribution < 1.29 is 19.1 Å². The Morgan fingerprint density at radius 1 is 1.06 bits per heavy atom. The van der Waals surface area contributed by atoms with Gasteiger partial charge in [0, 0.05) is 29.1 Å². The van der Waals surface area contributed by atoms with Gasteiger partial charge >= 0.3 is 5.97 Å². The summed E-state index contributed by atoms with van der Waals surface area (Å²) < 4.78 is 6.26. The van der Waals surface area contributed by atoms with Gasteiger partial charge in [-0.15, -0.1) is 22.9 Å². The van der Waals surface area contributed by atoms with Crippen LogP contribution in [0, 0.1) is 30.6 Å². The molecule has 1 saturated heterocycles. The average Bonchev–Trinajstić information content (AvgIpc) is 3.84.